The Hall–Kier alpha value is -0.900. The number of likely N-dealkylation sites (tertiary alicyclic amines) is 1. The van der Waals surface area contributed by atoms with E-state index in [1.54, 1.807) is 0 Å². The molecule has 0 spiro atoms. The molecule has 3 nitrogen and oxygen atoms in total. The van der Waals surface area contributed by atoms with Crippen molar-refractivity contribution in [2.24, 2.45) is 0 Å². The molecule has 0 radical (unpaired) electrons. The molecule has 0 aromatic heterocycles. The van der Waals surface area contributed by atoms with Crippen LogP contribution in [0.15, 0.2) is 30.3 Å². The van der Waals surface area contributed by atoms with Crippen molar-refractivity contribution in [3.05, 3.63) is 35.9 Å². The van der Waals surface area contributed by atoms with Gasteiger partial charge in [0.1, 0.15) is 0 Å². The second-order valence-corrected chi connectivity index (χ2v) is 7.66. The van der Waals surface area contributed by atoms with Crippen LogP contribution < -0.4 is 0 Å². The first-order chi connectivity index (χ1) is 11.8. The quantitative estimate of drug-likeness (QED) is 0.758. The summed E-state index contributed by atoms with van der Waals surface area (Å²) in [4.78, 5) is 8.19. The van der Waals surface area contributed by atoms with Crippen molar-refractivity contribution in [3.63, 3.8) is 0 Å². The molecule has 0 aliphatic carbocycles. The summed E-state index contributed by atoms with van der Waals surface area (Å²) in [5.41, 5.74) is 1.46. The lowest BCUT2D eigenvalue weighted by atomic mass is 10.0. The van der Waals surface area contributed by atoms with Gasteiger partial charge in [0.2, 0.25) is 0 Å². The molecule has 0 unspecified atom stereocenters. The summed E-state index contributed by atoms with van der Waals surface area (Å²) < 4.78 is 0. The van der Waals surface area contributed by atoms with E-state index in [4.69, 9.17) is 0 Å². The minimum atomic E-state index is 0.661. The van der Waals surface area contributed by atoms with Gasteiger partial charge in [0, 0.05) is 38.3 Å². The lowest BCUT2D eigenvalue weighted by molar-refractivity contribution is 0.0209. The fourth-order valence-corrected chi connectivity index (χ4v) is 4.36. The number of piperazine rings is 1. The van der Waals surface area contributed by atoms with Gasteiger partial charge in [-0.2, -0.15) is 0 Å². The molecule has 2 saturated heterocycles. The smallest absolute Gasteiger partial charge is 0.0380 e. The Balaban J connectivity index is 1.67. The van der Waals surface area contributed by atoms with Crippen LogP contribution in [-0.4, -0.2) is 66.1 Å². The Labute approximate surface area is 148 Å². The van der Waals surface area contributed by atoms with E-state index in [1.165, 1.54) is 70.5 Å². The molecule has 0 N–H and O–H groups in total. The Morgan fingerprint density at radius 2 is 1.79 bits per heavy atom. The zero-order chi connectivity index (χ0) is 16.8. The highest BCUT2D eigenvalue weighted by atomic mass is 15.3. The van der Waals surface area contributed by atoms with Crippen molar-refractivity contribution in [3.8, 4) is 0 Å². The van der Waals surface area contributed by atoms with Gasteiger partial charge in [0.25, 0.3) is 0 Å². The van der Waals surface area contributed by atoms with Crippen LogP contribution in [0.25, 0.3) is 0 Å². The SMILES string of the molecule is CCCCN1CCN(Cc2ccccc2)[C@@H]([C@@H](C)N2CCCC2)C1. The average Bonchev–Trinajstić information content (AvgIpc) is 3.16. The zero-order valence-corrected chi connectivity index (χ0v) is 15.7. The van der Waals surface area contributed by atoms with E-state index in [-0.39, 0.29) is 0 Å². The molecule has 0 saturated carbocycles. The van der Waals surface area contributed by atoms with Crippen molar-refractivity contribution in [2.45, 2.75) is 58.2 Å². The molecule has 2 heterocycles. The molecular formula is C21H35N3. The first-order valence-electron chi connectivity index (χ1n) is 10.0. The third-order valence-electron chi connectivity index (χ3n) is 5.95. The van der Waals surface area contributed by atoms with Gasteiger partial charge in [0.05, 0.1) is 0 Å². The molecule has 1 aromatic rings. The Kier molecular flexibility index (Phi) is 6.70. The third-order valence-corrected chi connectivity index (χ3v) is 5.95. The normalized spacial score (nSPS) is 25.2. The average molecular weight is 330 g/mol. The van der Waals surface area contributed by atoms with E-state index >= 15 is 0 Å². The van der Waals surface area contributed by atoms with E-state index in [2.05, 4.69) is 58.9 Å². The van der Waals surface area contributed by atoms with E-state index in [9.17, 15) is 0 Å². The van der Waals surface area contributed by atoms with Gasteiger partial charge in [-0.3, -0.25) is 9.80 Å². The molecule has 24 heavy (non-hydrogen) atoms. The van der Waals surface area contributed by atoms with Crippen molar-refractivity contribution in [1.82, 2.24) is 14.7 Å². The van der Waals surface area contributed by atoms with Crippen LogP contribution in [0.1, 0.15) is 45.1 Å². The summed E-state index contributed by atoms with van der Waals surface area (Å²) in [6.07, 6.45) is 5.41. The lowest BCUT2D eigenvalue weighted by Gasteiger charge is -2.46. The summed E-state index contributed by atoms with van der Waals surface area (Å²) in [5.74, 6) is 0. The maximum Gasteiger partial charge on any atom is 0.0380 e. The molecule has 2 atom stereocenters. The summed E-state index contributed by atoms with van der Waals surface area (Å²) in [5, 5.41) is 0. The van der Waals surface area contributed by atoms with E-state index in [0.717, 1.165) is 6.54 Å². The summed E-state index contributed by atoms with van der Waals surface area (Å²) in [7, 11) is 0. The number of nitrogens with zero attached hydrogens (tertiary/aromatic N) is 3. The Morgan fingerprint density at radius 3 is 2.50 bits per heavy atom. The first kappa shape index (κ1) is 17.9. The van der Waals surface area contributed by atoms with Gasteiger partial charge >= 0.3 is 0 Å². The van der Waals surface area contributed by atoms with Crippen LogP contribution in [0.5, 0.6) is 0 Å². The largest absolute Gasteiger partial charge is 0.300 e. The molecule has 3 heteroatoms. The molecule has 2 aliphatic rings. The molecule has 1 aromatic carbocycles. The number of rotatable bonds is 7. The van der Waals surface area contributed by atoms with Crippen LogP contribution in [0.3, 0.4) is 0 Å². The minimum absolute atomic E-state index is 0.661. The van der Waals surface area contributed by atoms with E-state index < -0.39 is 0 Å². The first-order valence-corrected chi connectivity index (χ1v) is 10.0. The van der Waals surface area contributed by atoms with Gasteiger partial charge in [-0.25, -0.2) is 0 Å². The minimum Gasteiger partial charge on any atom is -0.300 e. The van der Waals surface area contributed by atoms with Gasteiger partial charge in [0.15, 0.2) is 0 Å². The van der Waals surface area contributed by atoms with Crippen molar-refractivity contribution in [1.29, 1.82) is 0 Å². The standard InChI is InChI=1S/C21H35N3/c1-3-4-12-22-15-16-24(17-20-10-6-5-7-11-20)21(18-22)19(2)23-13-8-9-14-23/h5-7,10-11,19,21H,3-4,8-9,12-18H2,1-2H3/t19-,21-/m1/s1. The van der Waals surface area contributed by atoms with Gasteiger partial charge in [-0.1, -0.05) is 43.7 Å². The van der Waals surface area contributed by atoms with Crippen LogP contribution in [-0.2, 0) is 6.54 Å². The maximum absolute atomic E-state index is 2.75. The number of benzene rings is 1. The van der Waals surface area contributed by atoms with Crippen LogP contribution in [0.4, 0.5) is 0 Å². The molecule has 2 aliphatic heterocycles. The van der Waals surface area contributed by atoms with Gasteiger partial charge < -0.3 is 4.90 Å². The third kappa shape index (κ3) is 4.59. The van der Waals surface area contributed by atoms with Crippen LogP contribution >= 0.6 is 0 Å². The molecule has 2 fully saturated rings. The van der Waals surface area contributed by atoms with Crippen LogP contribution in [0, 0.1) is 0 Å². The molecule has 134 valence electrons. The highest BCUT2D eigenvalue weighted by Crippen LogP contribution is 2.22. The predicted octanol–water partition coefficient (Wildman–Crippen LogP) is 3.46. The highest BCUT2D eigenvalue weighted by Gasteiger charge is 2.34. The molecule has 3 rings (SSSR count). The van der Waals surface area contributed by atoms with Gasteiger partial charge in [-0.15, -0.1) is 0 Å². The van der Waals surface area contributed by atoms with Crippen molar-refractivity contribution in [2.75, 3.05) is 39.3 Å². The zero-order valence-electron chi connectivity index (χ0n) is 15.7. The number of hydrogen-bond acceptors (Lipinski definition) is 3. The summed E-state index contributed by atoms with van der Waals surface area (Å²) >= 11 is 0. The second-order valence-electron chi connectivity index (χ2n) is 7.66. The molecule has 0 amide bonds. The number of hydrogen-bond donors (Lipinski definition) is 0. The molecular weight excluding hydrogens is 294 g/mol. The fraction of sp³-hybridized carbons (Fsp3) is 0.714. The van der Waals surface area contributed by atoms with E-state index in [1.807, 2.05) is 0 Å². The van der Waals surface area contributed by atoms with Crippen molar-refractivity contribution >= 4 is 0 Å². The van der Waals surface area contributed by atoms with Crippen molar-refractivity contribution < 1.29 is 0 Å². The predicted molar refractivity (Wildman–Crippen MR) is 102 cm³/mol. The second kappa shape index (κ2) is 8.98. The molecule has 0 bridgehead atoms. The fourth-order valence-electron chi connectivity index (χ4n) is 4.36. The lowest BCUT2D eigenvalue weighted by Crippen LogP contribution is -2.60. The van der Waals surface area contributed by atoms with Gasteiger partial charge in [-0.05, 0) is 51.4 Å². The summed E-state index contributed by atoms with van der Waals surface area (Å²) in [6.45, 7) is 13.4. The van der Waals surface area contributed by atoms with Crippen LogP contribution in [0.2, 0.25) is 0 Å². The Bertz CT molecular complexity index is 469. The number of unbranched alkanes of at least 4 members (excludes halogenated alkanes) is 1. The summed E-state index contributed by atoms with van der Waals surface area (Å²) in [6, 6.07) is 12.4. The topological polar surface area (TPSA) is 9.72 Å². The maximum atomic E-state index is 2.75. The Morgan fingerprint density at radius 1 is 1.04 bits per heavy atom. The monoisotopic (exact) mass is 329 g/mol. The van der Waals surface area contributed by atoms with E-state index in [0.29, 0.717) is 12.1 Å². The highest BCUT2D eigenvalue weighted by molar-refractivity contribution is 5.15.